The summed E-state index contributed by atoms with van der Waals surface area (Å²) in [7, 11) is 0. The van der Waals surface area contributed by atoms with Gasteiger partial charge in [-0.05, 0) is 340 Å². The van der Waals surface area contributed by atoms with Crippen LogP contribution in [0.2, 0.25) is 0 Å². The normalized spacial score (nSPS) is 11.5. The van der Waals surface area contributed by atoms with Crippen molar-refractivity contribution in [1.29, 1.82) is 0 Å². The first-order valence-corrected chi connectivity index (χ1v) is 51.3. The van der Waals surface area contributed by atoms with Crippen LogP contribution in [0.3, 0.4) is 0 Å². The molecule has 136 heavy (non-hydrogen) atoms. The van der Waals surface area contributed by atoms with E-state index >= 15 is 0 Å². The van der Waals surface area contributed by atoms with Gasteiger partial charge in [-0.15, -0.1) is 0 Å². The van der Waals surface area contributed by atoms with Crippen LogP contribution in [0.4, 0.5) is 0 Å². The molecule has 13 heterocycles. The van der Waals surface area contributed by atoms with E-state index < -0.39 is 0 Å². The molecule has 0 aliphatic carbocycles. The maximum Gasteiger partial charge on any atom is 2.00 e. The second-order valence-corrected chi connectivity index (χ2v) is 35.5. The van der Waals surface area contributed by atoms with Crippen LogP contribution in [-0.4, -0.2) is 69.8 Å². The molecule has 702 valence electrons. The largest absolute Gasteiger partial charge is 2.00 e. The second kappa shape index (κ2) is 45.6. The van der Waals surface area contributed by atoms with Gasteiger partial charge in [0.15, 0.2) is 0 Å². The number of pyridine rings is 12. The van der Waals surface area contributed by atoms with Crippen molar-refractivity contribution in [3.63, 3.8) is 0 Å². The van der Waals surface area contributed by atoms with Gasteiger partial charge < -0.3 is 0 Å². The van der Waals surface area contributed by atoms with E-state index in [1.165, 1.54) is 178 Å². The zero-order valence-electron chi connectivity index (χ0n) is 85.5. The minimum absolute atomic E-state index is 0. The van der Waals surface area contributed by atoms with Crippen molar-refractivity contribution in [3.8, 4) is 0 Å². The topological polar surface area (TPSA) is 180 Å². The molecule has 0 aliphatic rings. The van der Waals surface area contributed by atoms with Crippen LogP contribution in [0.5, 0.6) is 0 Å². The molecule has 0 aliphatic heterocycles. The molecule has 0 unspecified atom stereocenters. The fourth-order valence-electron chi connectivity index (χ4n) is 21.7. The van der Waals surface area contributed by atoms with E-state index in [2.05, 4.69) is 235 Å². The van der Waals surface area contributed by atoms with Gasteiger partial charge in [0.25, 0.3) is 0 Å². The Balaban J connectivity index is 0.000000144. The number of nitrogens with zero attached hydrogens (tertiary/aromatic N) is 14. The molecule has 0 amide bonds. The molecule has 19 aromatic rings. The van der Waals surface area contributed by atoms with Gasteiger partial charge in [0.2, 0.25) is 0 Å². The summed E-state index contributed by atoms with van der Waals surface area (Å²) in [6, 6.07) is 34.3. The molecule has 0 bridgehead atoms. The van der Waals surface area contributed by atoms with E-state index in [0.29, 0.717) is 0 Å². The molecular formula is C120H140N14Ru2+4. The van der Waals surface area contributed by atoms with E-state index in [4.69, 9.17) is 49.8 Å². The monoisotopic (exact) mass is 1980 g/mol. The SMILES string of the molecule is CCc1cc(CC)c2c(CC)c(CC)c3c(CC)cc(CC)nc3c2n1.CCc1cc(CC)c2c(CC)c(CC)c3c(CC)cc(CC)nc3c2n1.CCc1cc(CC)c2c(CC)c(CC)c3c(CC)cc(CC)nc3c2n1.CCc1cc(CC)c2c(CC)c(CC)c3c(CC)cc(CC)nc3c2n1.[Ru+2].[Ru+2].c1cnc2c(c1)c1nc3c4cccnc4c4ncccc4c3nc1c1cccnc12. The van der Waals surface area contributed by atoms with E-state index in [1.807, 2.05) is 48.5 Å². The Bertz CT molecular complexity index is 6500. The van der Waals surface area contributed by atoms with Gasteiger partial charge in [-0.1, -0.05) is 166 Å². The molecule has 0 radical (unpaired) electrons. The summed E-state index contributed by atoms with van der Waals surface area (Å²) in [5, 5.41) is 14.8. The minimum Gasteiger partial charge on any atom is -0.254 e. The Morgan fingerprint density at radius 2 is 0.279 bits per heavy atom. The van der Waals surface area contributed by atoms with Crippen LogP contribution >= 0.6 is 0 Å². The van der Waals surface area contributed by atoms with E-state index in [-0.39, 0.29) is 39.0 Å². The minimum atomic E-state index is 0. The van der Waals surface area contributed by atoms with Crippen LogP contribution in [0.25, 0.3) is 153 Å². The van der Waals surface area contributed by atoms with E-state index in [1.54, 1.807) is 24.8 Å². The van der Waals surface area contributed by atoms with Crippen molar-refractivity contribution in [2.75, 3.05) is 0 Å². The fraction of sp³-hybridized carbons (Fsp3) is 0.400. The van der Waals surface area contributed by atoms with Gasteiger partial charge in [0, 0.05) is 135 Å². The first-order chi connectivity index (χ1) is 65.4. The maximum atomic E-state index is 5.14. The summed E-state index contributed by atoms with van der Waals surface area (Å²) >= 11 is 0. The number of aromatic nitrogens is 14. The third-order valence-electron chi connectivity index (χ3n) is 28.4. The summed E-state index contributed by atoms with van der Waals surface area (Å²) in [4.78, 5) is 69.5. The number of rotatable bonds is 24. The molecule has 16 heteroatoms. The molecule has 0 atom stereocenters. The Morgan fingerprint density at radius 1 is 0.147 bits per heavy atom. The third kappa shape index (κ3) is 18.7. The van der Waals surface area contributed by atoms with E-state index in [9.17, 15) is 0 Å². The number of hydrogen-bond donors (Lipinski definition) is 0. The summed E-state index contributed by atoms with van der Waals surface area (Å²) in [6.07, 6.45) is 31.6. The first-order valence-electron chi connectivity index (χ1n) is 51.3. The van der Waals surface area contributed by atoms with Gasteiger partial charge in [0.1, 0.15) is 0 Å². The van der Waals surface area contributed by atoms with Crippen molar-refractivity contribution in [3.05, 3.63) is 256 Å². The molecule has 0 saturated heterocycles. The summed E-state index contributed by atoms with van der Waals surface area (Å²) in [5.41, 5.74) is 48.5. The standard InChI is InChI=1S/C24H12N6.4C24H32N2.2Ru/c1-5-13-17(25-9-1)18-14(6-2-10-26-18)22-21(13)29-23-15-7-3-11-27-19(15)20-16(24(23)30-22)8-4-12-28-20;4*1-7-15-13-17(9-3)25-23-21(15)19(11-5)20(12-6)22-16(8-2)14-18(10-4)26-24(22)23;;/h1-12H;4*13-14H,7-12H2,1-6H3;;/q;;;;;2*+2. The van der Waals surface area contributed by atoms with Gasteiger partial charge in [0.05, 0.1) is 88.3 Å². The molecule has 13 aromatic heterocycles. The smallest absolute Gasteiger partial charge is 0.254 e. The predicted molar refractivity (Wildman–Crippen MR) is 571 cm³/mol. The average Bonchev–Trinajstić information content (AvgIpc) is 0.704. The van der Waals surface area contributed by atoms with E-state index in [0.717, 1.165) is 264 Å². The van der Waals surface area contributed by atoms with Gasteiger partial charge in [-0.3, -0.25) is 59.8 Å². The van der Waals surface area contributed by atoms with Gasteiger partial charge in [-0.25, -0.2) is 9.97 Å². The predicted octanol–water partition coefficient (Wildman–Crippen LogP) is 29.6. The number of benzene rings is 6. The van der Waals surface area contributed by atoms with Crippen molar-refractivity contribution < 1.29 is 39.0 Å². The van der Waals surface area contributed by atoms with Crippen LogP contribution in [0.1, 0.15) is 301 Å². The number of fused-ring (bicyclic) bond motifs is 24. The Hall–Kier alpha value is -10.9. The molecule has 0 spiro atoms. The quantitative estimate of drug-likeness (QED) is 0.0317. The zero-order valence-corrected chi connectivity index (χ0v) is 89.0. The molecule has 14 nitrogen and oxygen atoms in total. The van der Waals surface area contributed by atoms with Gasteiger partial charge >= 0.3 is 39.0 Å². The summed E-state index contributed by atoms with van der Waals surface area (Å²) < 4.78 is 0. The Labute approximate surface area is 832 Å². The zero-order chi connectivity index (χ0) is 95.0. The Morgan fingerprint density at radius 3 is 0.390 bits per heavy atom. The molecule has 0 fully saturated rings. The van der Waals surface area contributed by atoms with Crippen LogP contribution < -0.4 is 0 Å². The van der Waals surface area contributed by atoms with Crippen molar-refractivity contribution >= 4 is 153 Å². The van der Waals surface area contributed by atoms with Gasteiger partial charge in [-0.2, -0.15) is 0 Å². The van der Waals surface area contributed by atoms with Crippen LogP contribution in [-0.2, 0) is 193 Å². The fourth-order valence-corrected chi connectivity index (χ4v) is 21.7. The van der Waals surface area contributed by atoms with Crippen molar-refractivity contribution in [1.82, 2.24) is 69.8 Å². The van der Waals surface area contributed by atoms with Crippen molar-refractivity contribution in [2.45, 2.75) is 320 Å². The number of hydrogen-bond acceptors (Lipinski definition) is 14. The maximum absolute atomic E-state index is 5.14. The third-order valence-corrected chi connectivity index (χ3v) is 28.4. The Kier molecular flexibility index (Phi) is 34.3. The molecule has 0 saturated carbocycles. The first kappa shape index (κ1) is 102. The van der Waals surface area contributed by atoms with Crippen LogP contribution in [0.15, 0.2) is 122 Å². The number of aryl methyl sites for hydroxylation is 24. The molecule has 19 rings (SSSR count). The second-order valence-electron chi connectivity index (χ2n) is 35.5. The molecule has 0 N–H and O–H groups in total. The van der Waals surface area contributed by atoms with Crippen molar-refractivity contribution in [2.24, 2.45) is 0 Å². The summed E-state index contributed by atoms with van der Waals surface area (Å²) in [6.45, 7) is 53.9. The molecular weight excluding hydrogens is 1840 g/mol. The van der Waals surface area contributed by atoms with Crippen LogP contribution in [0, 0.1) is 0 Å². The average molecular weight is 1980 g/mol. The molecule has 6 aromatic carbocycles. The summed E-state index contributed by atoms with van der Waals surface area (Å²) in [5.74, 6) is 0.